The first-order chi connectivity index (χ1) is 19.5. The Balaban J connectivity index is 1.52. The van der Waals surface area contributed by atoms with Crippen LogP contribution in [0.1, 0.15) is 33.5 Å². The van der Waals surface area contributed by atoms with E-state index < -0.39 is 42.1 Å². The highest BCUT2D eigenvalue weighted by Gasteiger charge is 2.43. The van der Waals surface area contributed by atoms with Gasteiger partial charge in [-0.2, -0.15) is 0 Å². The molecule has 0 bridgehead atoms. The highest BCUT2D eigenvalue weighted by atomic mass is 35.5. The van der Waals surface area contributed by atoms with Gasteiger partial charge in [-0.25, -0.2) is 4.39 Å². The van der Waals surface area contributed by atoms with Gasteiger partial charge >= 0.3 is 0 Å². The predicted molar refractivity (Wildman–Crippen MR) is 154 cm³/mol. The Kier molecular flexibility index (Phi) is 9.86. The van der Waals surface area contributed by atoms with Crippen molar-refractivity contribution in [1.29, 1.82) is 0 Å². The van der Waals surface area contributed by atoms with Gasteiger partial charge in [0.1, 0.15) is 18.0 Å². The predicted octanol–water partition coefficient (Wildman–Crippen LogP) is 3.96. The van der Waals surface area contributed by atoms with Gasteiger partial charge in [0.25, 0.3) is 11.8 Å². The first kappa shape index (κ1) is 30.3. The van der Waals surface area contributed by atoms with E-state index in [2.05, 4.69) is 10.6 Å². The normalized spacial score (nSPS) is 18.0. The molecule has 3 aromatic carbocycles. The topological polar surface area (TPSA) is 119 Å². The largest absolute Gasteiger partial charge is 0.508 e. The lowest BCUT2D eigenvalue weighted by atomic mass is 9.98. The monoisotopic (exact) mass is 601 g/mol. The molecule has 1 aliphatic rings. The Morgan fingerprint density at radius 2 is 1.80 bits per heavy atom. The number of phenols is 1. The third-order valence-corrected chi connectivity index (χ3v) is 7.69. The molecule has 3 amide bonds. The summed E-state index contributed by atoms with van der Waals surface area (Å²) in [7, 11) is 0. The SMILES string of the molecule is Cc1c(O)cccc1C(=O)N[C@@H](Cc1ccccc1)[C@H](O)C(=O)N1C[C@@H](F)C[C@H]1C(=O)NCc1ccc(Cl)cc1Cl. The average molecular weight is 602 g/mol. The number of likely N-dealkylation sites (tertiary alicyclic amines) is 1. The fraction of sp³-hybridized carbons (Fsp3) is 0.300. The van der Waals surface area contributed by atoms with Crippen LogP contribution in [0.25, 0.3) is 0 Å². The summed E-state index contributed by atoms with van der Waals surface area (Å²) in [4.78, 5) is 40.8. The molecule has 4 atom stereocenters. The standard InChI is InChI=1S/C30H30Cl2FN3O5/c1-17-22(8-5-9-26(17)37)28(39)35-24(12-18-6-3-2-4-7-18)27(38)30(41)36-16-21(33)14-25(36)29(40)34-15-19-10-11-20(31)13-23(19)32/h2-11,13,21,24-25,27,37-38H,12,14-16H2,1H3,(H,34,40)(H,35,39)/t21-,24-,25-,27-/m0/s1. The second-order valence-corrected chi connectivity index (χ2v) is 10.8. The van der Waals surface area contributed by atoms with Gasteiger partial charge in [0.05, 0.1) is 12.6 Å². The number of amides is 3. The zero-order chi connectivity index (χ0) is 29.7. The molecule has 1 saturated heterocycles. The van der Waals surface area contributed by atoms with E-state index in [0.29, 0.717) is 21.2 Å². The summed E-state index contributed by atoms with van der Waals surface area (Å²) in [5, 5.41) is 27.4. The van der Waals surface area contributed by atoms with E-state index in [9.17, 15) is 29.0 Å². The summed E-state index contributed by atoms with van der Waals surface area (Å²) in [5.74, 6) is -2.17. The van der Waals surface area contributed by atoms with Crippen molar-refractivity contribution in [3.8, 4) is 5.75 Å². The van der Waals surface area contributed by atoms with E-state index in [1.54, 1.807) is 49.4 Å². The average Bonchev–Trinajstić information content (AvgIpc) is 3.35. The Bertz CT molecular complexity index is 1420. The molecule has 4 N–H and O–H groups in total. The van der Waals surface area contributed by atoms with Crippen LogP contribution in [-0.2, 0) is 22.6 Å². The Labute approximate surface area is 247 Å². The van der Waals surface area contributed by atoms with Crippen LogP contribution in [0.15, 0.2) is 66.7 Å². The molecule has 1 heterocycles. The van der Waals surface area contributed by atoms with Crippen LogP contribution >= 0.6 is 23.2 Å². The lowest BCUT2D eigenvalue weighted by Crippen LogP contribution is -2.55. The quantitative estimate of drug-likeness (QED) is 0.296. The first-order valence-corrected chi connectivity index (χ1v) is 13.8. The van der Waals surface area contributed by atoms with Crippen molar-refractivity contribution in [3.63, 3.8) is 0 Å². The lowest BCUT2D eigenvalue weighted by molar-refractivity contribution is -0.146. The molecule has 216 valence electrons. The van der Waals surface area contributed by atoms with E-state index in [1.807, 2.05) is 0 Å². The minimum atomic E-state index is -1.79. The maximum atomic E-state index is 14.6. The van der Waals surface area contributed by atoms with E-state index in [0.717, 1.165) is 10.5 Å². The molecule has 0 unspecified atom stereocenters. The van der Waals surface area contributed by atoms with E-state index in [4.69, 9.17) is 23.2 Å². The number of rotatable bonds is 9. The van der Waals surface area contributed by atoms with Gasteiger partial charge < -0.3 is 25.7 Å². The highest BCUT2D eigenvalue weighted by Crippen LogP contribution is 2.25. The zero-order valence-corrected chi connectivity index (χ0v) is 23.7. The molecule has 8 nitrogen and oxygen atoms in total. The molecule has 3 aromatic rings. The maximum absolute atomic E-state index is 14.6. The number of halogens is 3. The van der Waals surface area contributed by atoms with Crippen molar-refractivity contribution in [2.75, 3.05) is 6.54 Å². The van der Waals surface area contributed by atoms with Crippen LogP contribution in [0.3, 0.4) is 0 Å². The van der Waals surface area contributed by atoms with Crippen LogP contribution in [0.4, 0.5) is 4.39 Å². The minimum absolute atomic E-state index is 0.0306. The van der Waals surface area contributed by atoms with Crippen molar-refractivity contribution in [3.05, 3.63) is 99.0 Å². The fourth-order valence-corrected chi connectivity index (χ4v) is 5.28. The third-order valence-electron chi connectivity index (χ3n) is 7.10. The number of aliphatic hydroxyl groups excluding tert-OH is 1. The molecule has 0 aliphatic carbocycles. The third kappa shape index (κ3) is 7.35. The van der Waals surface area contributed by atoms with E-state index in [1.165, 1.54) is 24.3 Å². The minimum Gasteiger partial charge on any atom is -0.508 e. The van der Waals surface area contributed by atoms with Crippen molar-refractivity contribution >= 4 is 40.9 Å². The number of alkyl halides is 1. The van der Waals surface area contributed by atoms with Crippen molar-refractivity contribution < 1.29 is 29.0 Å². The molecular formula is C30H30Cl2FN3O5. The molecular weight excluding hydrogens is 572 g/mol. The Morgan fingerprint density at radius 1 is 1.07 bits per heavy atom. The molecule has 0 spiro atoms. The Hall–Kier alpha value is -3.66. The lowest BCUT2D eigenvalue weighted by Gasteiger charge is -2.30. The van der Waals surface area contributed by atoms with Gasteiger partial charge in [0, 0.05) is 34.1 Å². The van der Waals surface area contributed by atoms with Crippen LogP contribution in [0.2, 0.25) is 10.0 Å². The summed E-state index contributed by atoms with van der Waals surface area (Å²) < 4.78 is 14.6. The first-order valence-electron chi connectivity index (χ1n) is 13.0. The fourth-order valence-electron chi connectivity index (χ4n) is 4.81. The zero-order valence-electron chi connectivity index (χ0n) is 22.2. The molecule has 4 rings (SSSR count). The number of nitrogens with zero attached hydrogens (tertiary/aromatic N) is 1. The molecule has 1 fully saturated rings. The maximum Gasteiger partial charge on any atom is 0.254 e. The number of aliphatic hydroxyl groups is 1. The van der Waals surface area contributed by atoms with Crippen molar-refractivity contribution in [2.45, 2.75) is 50.7 Å². The number of hydrogen-bond donors (Lipinski definition) is 4. The van der Waals surface area contributed by atoms with E-state index >= 15 is 0 Å². The second kappa shape index (κ2) is 13.3. The summed E-state index contributed by atoms with van der Waals surface area (Å²) in [6.45, 7) is 1.22. The molecule has 0 saturated carbocycles. The van der Waals surface area contributed by atoms with Crippen molar-refractivity contribution in [2.24, 2.45) is 0 Å². The van der Waals surface area contributed by atoms with Gasteiger partial charge in [-0.15, -0.1) is 0 Å². The van der Waals surface area contributed by atoms with Gasteiger partial charge in [-0.3, -0.25) is 14.4 Å². The van der Waals surface area contributed by atoms with Crippen LogP contribution in [0.5, 0.6) is 5.75 Å². The summed E-state index contributed by atoms with van der Waals surface area (Å²) in [6, 6.07) is 15.9. The Morgan fingerprint density at radius 3 is 2.51 bits per heavy atom. The number of carbonyl (C=O) groups excluding carboxylic acids is 3. The molecule has 41 heavy (non-hydrogen) atoms. The molecule has 0 radical (unpaired) electrons. The smallest absolute Gasteiger partial charge is 0.254 e. The van der Waals surface area contributed by atoms with Crippen LogP contribution in [0, 0.1) is 6.92 Å². The summed E-state index contributed by atoms with van der Waals surface area (Å²) in [5.41, 5.74) is 1.83. The molecule has 11 heteroatoms. The number of benzene rings is 3. The number of nitrogens with one attached hydrogen (secondary N) is 2. The van der Waals surface area contributed by atoms with E-state index in [-0.39, 0.29) is 37.2 Å². The number of hydrogen-bond acceptors (Lipinski definition) is 5. The van der Waals surface area contributed by atoms with Gasteiger partial charge in [-0.1, -0.05) is 65.7 Å². The van der Waals surface area contributed by atoms with Crippen molar-refractivity contribution in [1.82, 2.24) is 15.5 Å². The van der Waals surface area contributed by atoms with Gasteiger partial charge in [0.2, 0.25) is 5.91 Å². The summed E-state index contributed by atoms with van der Waals surface area (Å²) in [6.07, 6.45) is -3.42. The van der Waals surface area contributed by atoms with Gasteiger partial charge in [0.15, 0.2) is 6.10 Å². The number of carbonyl (C=O) groups is 3. The second-order valence-electron chi connectivity index (χ2n) is 9.96. The number of aromatic hydroxyl groups is 1. The summed E-state index contributed by atoms with van der Waals surface area (Å²) >= 11 is 12.1. The van der Waals surface area contributed by atoms with Crippen LogP contribution < -0.4 is 10.6 Å². The number of phenolic OH excluding ortho intramolecular Hbond substituents is 1. The highest BCUT2D eigenvalue weighted by molar-refractivity contribution is 6.35. The van der Waals surface area contributed by atoms with Gasteiger partial charge in [-0.05, 0) is 48.7 Å². The molecule has 1 aliphatic heterocycles. The van der Waals surface area contributed by atoms with Crippen LogP contribution in [-0.4, -0.2) is 63.7 Å². The molecule has 0 aromatic heterocycles.